The maximum absolute atomic E-state index is 6.11. The highest BCUT2D eigenvalue weighted by Crippen LogP contribution is 2.35. The van der Waals surface area contributed by atoms with E-state index in [0.29, 0.717) is 23.4 Å². The van der Waals surface area contributed by atoms with E-state index in [1.54, 1.807) is 11.7 Å². The van der Waals surface area contributed by atoms with E-state index in [9.17, 15) is 0 Å². The van der Waals surface area contributed by atoms with Gasteiger partial charge in [0, 0.05) is 18.7 Å². The van der Waals surface area contributed by atoms with Crippen molar-refractivity contribution in [2.45, 2.75) is 26.3 Å². The first-order valence-corrected chi connectivity index (χ1v) is 8.58. The normalized spacial score (nSPS) is 17.2. The van der Waals surface area contributed by atoms with E-state index in [1.165, 1.54) is 11.1 Å². The van der Waals surface area contributed by atoms with Gasteiger partial charge in [-0.1, -0.05) is 26.0 Å². The maximum Gasteiger partial charge on any atom is 0.222 e. The third kappa shape index (κ3) is 2.51. The number of nitrogen functional groups attached to an aromatic ring is 2. The van der Waals surface area contributed by atoms with Crippen molar-refractivity contribution in [3.05, 3.63) is 29.3 Å². The second-order valence-corrected chi connectivity index (χ2v) is 6.98. The number of nitrogens with two attached hydrogens (primary N) is 2. The highest BCUT2D eigenvalue weighted by molar-refractivity contribution is 5.99. The van der Waals surface area contributed by atoms with Gasteiger partial charge in [-0.25, -0.2) is 9.67 Å². The third-order valence-electron chi connectivity index (χ3n) is 4.91. The molecule has 1 aliphatic heterocycles. The number of nitrogens with zero attached hydrogens (tertiary/aromatic N) is 4. The Hall–Kier alpha value is -2.67. The molecule has 0 saturated carbocycles. The van der Waals surface area contributed by atoms with E-state index in [-0.39, 0.29) is 5.95 Å². The number of benzene rings is 1. The Bertz CT molecular complexity index is 958. The summed E-state index contributed by atoms with van der Waals surface area (Å²) in [7, 11) is 1.81. The molecule has 2 aromatic heterocycles. The van der Waals surface area contributed by atoms with E-state index in [1.807, 2.05) is 0 Å². The second kappa shape index (κ2) is 5.70. The van der Waals surface area contributed by atoms with Crippen LogP contribution in [-0.4, -0.2) is 26.3 Å². The van der Waals surface area contributed by atoms with Gasteiger partial charge in [-0.05, 0) is 36.1 Å². The molecular weight excluding hydrogens is 314 g/mol. The molecule has 1 aromatic carbocycles. The Labute approximate surface area is 146 Å². The molecule has 25 heavy (non-hydrogen) atoms. The minimum absolute atomic E-state index is 0.224. The fourth-order valence-electron chi connectivity index (χ4n) is 3.73. The lowest BCUT2D eigenvalue weighted by molar-refractivity contribution is 0.395. The number of hydrogen-bond donors (Lipinski definition) is 3. The molecule has 0 saturated heterocycles. The van der Waals surface area contributed by atoms with Crippen LogP contribution in [-0.2, 0) is 13.5 Å². The quantitative estimate of drug-likeness (QED) is 0.660. The van der Waals surface area contributed by atoms with Crippen molar-refractivity contribution in [1.29, 1.82) is 0 Å². The molecule has 5 N–H and O–H groups in total. The Morgan fingerprint density at radius 1 is 1.24 bits per heavy atom. The number of aryl methyl sites for hydroxylation is 1. The van der Waals surface area contributed by atoms with Crippen LogP contribution in [0.5, 0.6) is 0 Å². The molecule has 7 nitrogen and oxygen atoms in total. The van der Waals surface area contributed by atoms with Crippen LogP contribution >= 0.6 is 0 Å². The van der Waals surface area contributed by atoms with Gasteiger partial charge in [0.25, 0.3) is 0 Å². The van der Waals surface area contributed by atoms with E-state index >= 15 is 0 Å². The van der Waals surface area contributed by atoms with E-state index in [0.717, 1.165) is 29.6 Å². The van der Waals surface area contributed by atoms with Gasteiger partial charge in [0.05, 0.1) is 11.1 Å². The zero-order valence-corrected chi connectivity index (χ0v) is 14.7. The van der Waals surface area contributed by atoms with Crippen LogP contribution in [0.4, 0.5) is 11.8 Å². The van der Waals surface area contributed by atoms with Crippen LogP contribution in [0.3, 0.4) is 0 Å². The fraction of sp³-hybridized carbons (Fsp3) is 0.389. The van der Waals surface area contributed by atoms with Gasteiger partial charge in [0.2, 0.25) is 5.95 Å². The molecule has 0 amide bonds. The first kappa shape index (κ1) is 15.8. The Morgan fingerprint density at radius 2 is 2.04 bits per heavy atom. The summed E-state index contributed by atoms with van der Waals surface area (Å²) in [5, 5.41) is 8.64. The first-order valence-electron chi connectivity index (χ1n) is 8.58. The van der Waals surface area contributed by atoms with Gasteiger partial charge in [0.1, 0.15) is 0 Å². The topological polar surface area (TPSA) is 108 Å². The minimum Gasteiger partial charge on any atom is -0.382 e. The molecular formula is C18H23N7. The van der Waals surface area contributed by atoms with E-state index < -0.39 is 0 Å². The van der Waals surface area contributed by atoms with Gasteiger partial charge in [-0.2, -0.15) is 10.1 Å². The van der Waals surface area contributed by atoms with E-state index in [4.69, 9.17) is 11.5 Å². The molecule has 0 fully saturated rings. The molecule has 3 aromatic rings. The van der Waals surface area contributed by atoms with Crippen molar-refractivity contribution in [2.75, 3.05) is 18.0 Å². The number of hydrogen-bond acceptors (Lipinski definition) is 6. The summed E-state index contributed by atoms with van der Waals surface area (Å²) in [4.78, 5) is 8.77. The number of nitrogens with one attached hydrogen (secondary N) is 1. The van der Waals surface area contributed by atoms with Crippen LogP contribution in [0.1, 0.15) is 31.0 Å². The molecule has 3 heterocycles. The second-order valence-electron chi connectivity index (χ2n) is 6.98. The third-order valence-corrected chi connectivity index (χ3v) is 4.91. The number of aromatic nitrogens is 4. The summed E-state index contributed by atoms with van der Waals surface area (Å²) < 4.78 is 1.64. The lowest BCUT2D eigenvalue weighted by Crippen LogP contribution is -2.33. The molecule has 1 unspecified atom stereocenters. The number of fused-ring (bicyclic) bond motifs is 2. The SMILES string of the molecule is CC(C)C1NCCc2ccc(-c3nc(N)nc4c3c(N)nn4C)cc21. The summed E-state index contributed by atoms with van der Waals surface area (Å²) >= 11 is 0. The average molecular weight is 337 g/mol. The predicted molar refractivity (Wildman–Crippen MR) is 99.9 cm³/mol. The van der Waals surface area contributed by atoms with Crippen molar-refractivity contribution in [1.82, 2.24) is 25.1 Å². The Kier molecular flexibility index (Phi) is 3.61. The van der Waals surface area contributed by atoms with Gasteiger partial charge in [0.15, 0.2) is 11.5 Å². The molecule has 0 radical (unpaired) electrons. The maximum atomic E-state index is 6.11. The zero-order chi connectivity index (χ0) is 17.7. The fourth-order valence-corrected chi connectivity index (χ4v) is 3.73. The molecule has 1 atom stereocenters. The van der Waals surface area contributed by atoms with Crippen LogP contribution < -0.4 is 16.8 Å². The average Bonchev–Trinajstić information content (AvgIpc) is 2.87. The van der Waals surface area contributed by atoms with Gasteiger partial charge in [-0.3, -0.25) is 0 Å². The minimum atomic E-state index is 0.224. The number of anilines is 2. The molecule has 4 rings (SSSR count). The highest BCUT2D eigenvalue weighted by atomic mass is 15.3. The first-order chi connectivity index (χ1) is 12.0. The predicted octanol–water partition coefficient (Wildman–Crippen LogP) is 2.04. The Morgan fingerprint density at radius 3 is 2.80 bits per heavy atom. The van der Waals surface area contributed by atoms with Crippen molar-refractivity contribution in [3.63, 3.8) is 0 Å². The van der Waals surface area contributed by atoms with Gasteiger partial charge in [-0.15, -0.1) is 0 Å². The summed E-state index contributed by atoms with van der Waals surface area (Å²) in [6.07, 6.45) is 1.04. The zero-order valence-electron chi connectivity index (χ0n) is 14.7. The van der Waals surface area contributed by atoms with Gasteiger partial charge >= 0.3 is 0 Å². The van der Waals surface area contributed by atoms with Crippen molar-refractivity contribution in [2.24, 2.45) is 13.0 Å². The summed E-state index contributed by atoms with van der Waals surface area (Å²) in [5.74, 6) is 1.15. The van der Waals surface area contributed by atoms with Crippen molar-refractivity contribution in [3.8, 4) is 11.3 Å². The molecule has 0 spiro atoms. The highest BCUT2D eigenvalue weighted by Gasteiger charge is 2.24. The lowest BCUT2D eigenvalue weighted by Gasteiger charge is -2.30. The molecule has 0 aliphatic carbocycles. The van der Waals surface area contributed by atoms with Crippen LogP contribution in [0, 0.1) is 5.92 Å². The largest absolute Gasteiger partial charge is 0.382 e. The molecule has 7 heteroatoms. The number of rotatable bonds is 2. The lowest BCUT2D eigenvalue weighted by atomic mass is 9.86. The Balaban J connectivity index is 1.94. The molecule has 0 bridgehead atoms. The smallest absolute Gasteiger partial charge is 0.222 e. The van der Waals surface area contributed by atoms with Crippen molar-refractivity contribution >= 4 is 22.8 Å². The van der Waals surface area contributed by atoms with Crippen LogP contribution in [0.2, 0.25) is 0 Å². The summed E-state index contributed by atoms with van der Waals surface area (Å²) in [6, 6.07) is 6.83. The monoisotopic (exact) mass is 337 g/mol. The molecule has 1 aliphatic rings. The van der Waals surface area contributed by atoms with Gasteiger partial charge < -0.3 is 16.8 Å². The summed E-state index contributed by atoms with van der Waals surface area (Å²) in [6.45, 7) is 5.48. The molecule has 130 valence electrons. The van der Waals surface area contributed by atoms with E-state index in [2.05, 4.69) is 52.4 Å². The van der Waals surface area contributed by atoms with Crippen molar-refractivity contribution < 1.29 is 0 Å². The standard InChI is InChI=1S/C18H23N7/c1-9(2)14-12-8-11(5-4-10(12)6-7-21-14)15-13-16(19)24-25(3)17(13)23-18(20)22-15/h4-5,8-9,14,21H,6-7H2,1-3H3,(H2,19,24)(H2,20,22,23). The van der Waals surface area contributed by atoms with Crippen LogP contribution in [0.15, 0.2) is 18.2 Å². The van der Waals surface area contributed by atoms with Crippen LogP contribution in [0.25, 0.3) is 22.3 Å². The summed E-state index contributed by atoms with van der Waals surface area (Å²) in [5.41, 5.74) is 17.1.